The zero-order valence-corrected chi connectivity index (χ0v) is 18.2. The summed E-state index contributed by atoms with van der Waals surface area (Å²) in [5.74, 6) is 1.16. The standard InChI is InChI=1S/C24H24N4O4/c1-27-13-20(17-7-5-9-19(11-17)32-3)22-23(27)24(30)28(15-26-22)14-21(29)25-12-16-6-4-8-18(10-16)31-2/h4-11,13,15H,12,14H2,1-3H3,(H,25,29). The van der Waals surface area contributed by atoms with E-state index in [1.807, 2.05) is 54.7 Å². The average Bonchev–Trinajstić information content (AvgIpc) is 3.16. The summed E-state index contributed by atoms with van der Waals surface area (Å²) >= 11 is 0. The number of aryl methyl sites for hydroxylation is 1. The van der Waals surface area contributed by atoms with E-state index in [0.29, 0.717) is 17.6 Å². The van der Waals surface area contributed by atoms with E-state index in [2.05, 4.69) is 10.3 Å². The summed E-state index contributed by atoms with van der Waals surface area (Å²) in [6.07, 6.45) is 3.28. The summed E-state index contributed by atoms with van der Waals surface area (Å²) < 4.78 is 13.6. The van der Waals surface area contributed by atoms with E-state index in [1.54, 1.807) is 25.8 Å². The summed E-state index contributed by atoms with van der Waals surface area (Å²) in [5.41, 5.74) is 3.38. The molecule has 2 heterocycles. The zero-order chi connectivity index (χ0) is 22.7. The highest BCUT2D eigenvalue weighted by molar-refractivity contribution is 5.92. The Morgan fingerprint density at radius 2 is 1.78 bits per heavy atom. The van der Waals surface area contributed by atoms with Crippen LogP contribution in [0.2, 0.25) is 0 Å². The molecule has 0 saturated carbocycles. The van der Waals surface area contributed by atoms with Crippen molar-refractivity contribution in [1.82, 2.24) is 19.4 Å². The topological polar surface area (TPSA) is 87.4 Å². The molecule has 0 aliphatic heterocycles. The van der Waals surface area contributed by atoms with E-state index in [-0.39, 0.29) is 18.0 Å². The van der Waals surface area contributed by atoms with E-state index >= 15 is 0 Å². The first kappa shape index (κ1) is 21.2. The Morgan fingerprint density at radius 1 is 1.06 bits per heavy atom. The predicted molar refractivity (Wildman–Crippen MR) is 122 cm³/mol. The second-order valence-electron chi connectivity index (χ2n) is 7.39. The molecule has 0 bridgehead atoms. The first-order chi connectivity index (χ1) is 15.5. The molecule has 0 aliphatic carbocycles. The van der Waals surface area contributed by atoms with Gasteiger partial charge in [-0.05, 0) is 35.4 Å². The van der Waals surface area contributed by atoms with Crippen LogP contribution in [0.25, 0.3) is 22.2 Å². The van der Waals surface area contributed by atoms with Crippen molar-refractivity contribution in [2.45, 2.75) is 13.1 Å². The van der Waals surface area contributed by atoms with E-state index in [9.17, 15) is 9.59 Å². The number of amides is 1. The highest BCUT2D eigenvalue weighted by Crippen LogP contribution is 2.29. The van der Waals surface area contributed by atoms with Gasteiger partial charge in [0.05, 0.1) is 20.5 Å². The number of fused-ring (bicyclic) bond motifs is 1. The molecule has 0 radical (unpaired) electrons. The van der Waals surface area contributed by atoms with Gasteiger partial charge in [-0.2, -0.15) is 0 Å². The van der Waals surface area contributed by atoms with Gasteiger partial charge in [0.2, 0.25) is 5.91 Å². The minimum absolute atomic E-state index is 0.120. The van der Waals surface area contributed by atoms with Gasteiger partial charge in [-0.15, -0.1) is 0 Å². The first-order valence-electron chi connectivity index (χ1n) is 10.1. The van der Waals surface area contributed by atoms with Crippen LogP contribution in [0.15, 0.2) is 65.8 Å². The number of ether oxygens (including phenoxy) is 2. The molecule has 0 aliphatic rings. The third-order valence-electron chi connectivity index (χ3n) is 5.26. The van der Waals surface area contributed by atoms with Crippen LogP contribution in [0.1, 0.15) is 5.56 Å². The van der Waals surface area contributed by atoms with Crippen molar-refractivity contribution in [3.8, 4) is 22.6 Å². The van der Waals surface area contributed by atoms with Crippen LogP contribution in [0, 0.1) is 0 Å². The van der Waals surface area contributed by atoms with Gasteiger partial charge in [0, 0.05) is 25.4 Å². The number of hydrogen-bond acceptors (Lipinski definition) is 5. The van der Waals surface area contributed by atoms with Crippen molar-refractivity contribution in [3.05, 3.63) is 77.0 Å². The molecule has 1 N–H and O–H groups in total. The Labute approximate surface area is 185 Å². The third kappa shape index (κ3) is 4.20. The Hall–Kier alpha value is -4.07. The summed E-state index contributed by atoms with van der Waals surface area (Å²) in [4.78, 5) is 30.0. The monoisotopic (exact) mass is 432 g/mol. The second kappa shape index (κ2) is 8.97. The summed E-state index contributed by atoms with van der Waals surface area (Å²) in [6, 6.07) is 15.0. The number of rotatable bonds is 7. The van der Waals surface area contributed by atoms with E-state index in [4.69, 9.17) is 9.47 Å². The first-order valence-corrected chi connectivity index (χ1v) is 10.1. The maximum absolute atomic E-state index is 13.1. The Balaban J connectivity index is 1.56. The maximum atomic E-state index is 13.1. The molecular weight excluding hydrogens is 408 g/mol. The molecule has 0 atom stereocenters. The normalized spacial score (nSPS) is 10.8. The fourth-order valence-corrected chi connectivity index (χ4v) is 3.62. The molecule has 8 nitrogen and oxygen atoms in total. The van der Waals surface area contributed by atoms with E-state index in [1.165, 1.54) is 10.9 Å². The lowest BCUT2D eigenvalue weighted by molar-refractivity contribution is -0.121. The molecule has 4 aromatic rings. The van der Waals surface area contributed by atoms with Crippen molar-refractivity contribution in [2.75, 3.05) is 14.2 Å². The van der Waals surface area contributed by atoms with Gasteiger partial charge in [0.15, 0.2) is 0 Å². The van der Waals surface area contributed by atoms with Gasteiger partial charge in [-0.1, -0.05) is 24.3 Å². The number of aromatic nitrogens is 3. The minimum Gasteiger partial charge on any atom is -0.497 e. The fourth-order valence-electron chi connectivity index (χ4n) is 3.62. The number of methoxy groups -OCH3 is 2. The number of carbonyl (C=O) groups excluding carboxylic acids is 1. The van der Waals surface area contributed by atoms with Crippen LogP contribution in [-0.2, 0) is 24.9 Å². The predicted octanol–water partition coefficient (Wildman–Crippen LogP) is 2.74. The molecule has 8 heteroatoms. The highest BCUT2D eigenvalue weighted by atomic mass is 16.5. The molecule has 2 aromatic carbocycles. The third-order valence-corrected chi connectivity index (χ3v) is 5.26. The van der Waals surface area contributed by atoms with Crippen molar-refractivity contribution < 1.29 is 14.3 Å². The summed E-state index contributed by atoms with van der Waals surface area (Å²) in [6.45, 7) is 0.218. The lowest BCUT2D eigenvalue weighted by Gasteiger charge is -2.09. The van der Waals surface area contributed by atoms with Crippen LogP contribution in [0.4, 0.5) is 0 Å². The molecule has 0 fully saturated rings. The van der Waals surface area contributed by atoms with Crippen LogP contribution < -0.4 is 20.3 Å². The van der Waals surface area contributed by atoms with Crippen LogP contribution >= 0.6 is 0 Å². The SMILES string of the molecule is COc1cccc(CNC(=O)Cn2cnc3c(-c4cccc(OC)c4)cn(C)c3c2=O)c1. The van der Waals surface area contributed by atoms with Gasteiger partial charge in [-0.3, -0.25) is 14.2 Å². The lowest BCUT2D eigenvalue weighted by Crippen LogP contribution is -2.32. The molecule has 0 spiro atoms. The summed E-state index contributed by atoms with van der Waals surface area (Å²) in [5, 5.41) is 2.83. The number of nitrogens with zero attached hydrogens (tertiary/aromatic N) is 3. The molecule has 0 saturated heterocycles. The van der Waals surface area contributed by atoms with E-state index in [0.717, 1.165) is 28.2 Å². The van der Waals surface area contributed by atoms with Crippen molar-refractivity contribution in [3.63, 3.8) is 0 Å². The van der Waals surface area contributed by atoms with Crippen molar-refractivity contribution in [2.24, 2.45) is 7.05 Å². The van der Waals surface area contributed by atoms with Gasteiger partial charge in [0.1, 0.15) is 29.1 Å². The van der Waals surface area contributed by atoms with Crippen LogP contribution in [-0.4, -0.2) is 34.2 Å². The van der Waals surface area contributed by atoms with Gasteiger partial charge >= 0.3 is 0 Å². The minimum atomic E-state index is -0.279. The van der Waals surface area contributed by atoms with Gasteiger partial charge < -0.3 is 19.4 Å². The molecule has 4 rings (SSSR count). The summed E-state index contributed by atoms with van der Waals surface area (Å²) in [7, 11) is 5.00. The smallest absolute Gasteiger partial charge is 0.278 e. The average molecular weight is 432 g/mol. The number of benzene rings is 2. The Morgan fingerprint density at radius 3 is 2.53 bits per heavy atom. The highest BCUT2D eigenvalue weighted by Gasteiger charge is 2.16. The molecule has 1 amide bonds. The van der Waals surface area contributed by atoms with Gasteiger partial charge in [-0.25, -0.2) is 4.98 Å². The van der Waals surface area contributed by atoms with Gasteiger partial charge in [0.25, 0.3) is 5.56 Å². The Bertz CT molecular complexity index is 1340. The number of carbonyl (C=O) groups is 1. The zero-order valence-electron chi connectivity index (χ0n) is 18.2. The largest absolute Gasteiger partial charge is 0.497 e. The molecule has 164 valence electrons. The van der Waals surface area contributed by atoms with Crippen LogP contribution in [0.3, 0.4) is 0 Å². The molecular formula is C24H24N4O4. The molecule has 2 aromatic heterocycles. The second-order valence-corrected chi connectivity index (χ2v) is 7.39. The molecule has 32 heavy (non-hydrogen) atoms. The molecule has 0 unspecified atom stereocenters. The van der Waals surface area contributed by atoms with Crippen LogP contribution in [0.5, 0.6) is 11.5 Å². The van der Waals surface area contributed by atoms with Crippen molar-refractivity contribution in [1.29, 1.82) is 0 Å². The number of hydrogen-bond donors (Lipinski definition) is 1. The van der Waals surface area contributed by atoms with E-state index < -0.39 is 0 Å². The lowest BCUT2D eigenvalue weighted by atomic mass is 10.1. The van der Waals surface area contributed by atoms with Crippen molar-refractivity contribution >= 4 is 16.9 Å². The Kier molecular flexibility index (Phi) is 5.93. The number of nitrogens with one attached hydrogen (secondary N) is 1. The fraction of sp³-hybridized carbons (Fsp3) is 0.208. The maximum Gasteiger partial charge on any atom is 0.278 e. The quantitative estimate of drug-likeness (QED) is 0.485.